The largest absolute Gasteiger partial charge is 0.486 e. The zero-order valence-electron chi connectivity index (χ0n) is 10.4. The Bertz CT molecular complexity index is 729. The average Bonchev–Trinajstić information content (AvgIpc) is 2.72. The van der Waals surface area contributed by atoms with Gasteiger partial charge in [0.05, 0.1) is 6.61 Å². The fraction of sp³-hybridized carbons (Fsp3) is 0.133. The van der Waals surface area contributed by atoms with Crippen molar-refractivity contribution < 1.29 is 9.53 Å². The van der Waals surface area contributed by atoms with Crippen LogP contribution in [0.15, 0.2) is 36.4 Å². The minimum atomic E-state index is -0.0430. The van der Waals surface area contributed by atoms with Gasteiger partial charge in [0, 0.05) is 17.2 Å². The fourth-order valence-electron chi connectivity index (χ4n) is 2.39. The van der Waals surface area contributed by atoms with Gasteiger partial charge in [0.15, 0.2) is 10.8 Å². The molecule has 3 rings (SSSR count). The van der Waals surface area contributed by atoms with Crippen LogP contribution in [0.5, 0.6) is 5.75 Å². The number of diazo groups is 1. The highest BCUT2D eigenvalue weighted by molar-refractivity contribution is 6.22. The molecule has 0 N–H and O–H groups in total. The van der Waals surface area contributed by atoms with E-state index >= 15 is 0 Å². The van der Waals surface area contributed by atoms with Gasteiger partial charge in [0.25, 0.3) is 0 Å². The summed E-state index contributed by atoms with van der Waals surface area (Å²) in [6, 6.07) is 10.8. The van der Waals surface area contributed by atoms with Gasteiger partial charge in [-0.25, -0.2) is 0 Å². The molecule has 4 heteroatoms. The van der Waals surface area contributed by atoms with E-state index in [9.17, 15) is 4.79 Å². The Kier molecular flexibility index (Phi) is 2.53. The van der Waals surface area contributed by atoms with Crippen molar-refractivity contribution in [3.8, 4) is 16.9 Å². The van der Waals surface area contributed by atoms with Crippen LogP contribution < -0.4 is 4.74 Å². The second-order valence-corrected chi connectivity index (χ2v) is 4.27. The van der Waals surface area contributed by atoms with Crippen LogP contribution >= 0.6 is 0 Å². The Morgan fingerprint density at radius 3 is 2.53 bits per heavy atom. The van der Waals surface area contributed by atoms with Gasteiger partial charge in [-0.1, -0.05) is 24.3 Å². The number of rotatable bonds is 2. The summed E-state index contributed by atoms with van der Waals surface area (Å²) in [6.07, 6.45) is 0. The summed E-state index contributed by atoms with van der Waals surface area (Å²) in [6.45, 7) is 2.32. The summed E-state index contributed by atoms with van der Waals surface area (Å²) in [5.74, 6) is 0.437. The van der Waals surface area contributed by atoms with E-state index in [1.807, 2.05) is 25.1 Å². The molecular weight excluding hydrogens is 240 g/mol. The topological polar surface area (TPSA) is 54.4 Å². The Morgan fingerprint density at radius 1 is 1.11 bits per heavy atom. The number of ketones is 1. The highest BCUT2D eigenvalue weighted by Crippen LogP contribution is 2.42. The van der Waals surface area contributed by atoms with E-state index in [4.69, 9.17) is 10.1 Å². The maximum absolute atomic E-state index is 12.3. The Hall–Kier alpha value is -2.67. The van der Waals surface area contributed by atoms with Crippen LogP contribution in [0, 0.1) is 5.39 Å². The highest BCUT2D eigenvalue weighted by atomic mass is 16.5. The van der Waals surface area contributed by atoms with Crippen molar-refractivity contribution >= 4 is 11.5 Å². The third-order valence-electron chi connectivity index (χ3n) is 3.21. The fourth-order valence-corrected chi connectivity index (χ4v) is 2.39. The minimum absolute atomic E-state index is 0.0430. The molecule has 0 heterocycles. The number of carbonyl (C=O) groups is 1. The Morgan fingerprint density at radius 2 is 1.84 bits per heavy atom. The summed E-state index contributed by atoms with van der Waals surface area (Å²) in [4.78, 5) is 15.4. The predicted molar refractivity (Wildman–Crippen MR) is 71.2 cm³/mol. The molecular formula is C15H11N2O2+. The second-order valence-electron chi connectivity index (χ2n) is 4.27. The second kappa shape index (κ2) is 4.21. The van der Waals surface area contributed by atoms with E-state index in [1.54, 1.807) is 18.2 Å². The van der Waals surface area contributed by atoms with E-state index in [0.29, 0.717) is 23.5 Å². The SMILES string of the molecule is CCOc1cc2c(cc1[N+]#N)C(=O)c1ccccc1-2. The van der Waals surface area contributed by atoms with Crippen molar-refractivity contribution in [1.29, 1.82) is 5.39 Å². The maximum atomic E-state index is 12.3. The molecule has 0 unspecified atom stereocenters. The van der Waals surface area contributed by atoms with Gasteiger partial charge in [0.1, 0.15) is 0 Å². The lowest BCUT2D eigenvalue weighted by atomic mass is 10.0. The summed E-state index contributed by atoms with van der Waals surface area (Å²) >= 11 is 0. The lowest BCUT2D eigenvalue weighted by Gasteiger charge is -2.03. The van der Waals surface area contributed by atoms with E-state index in [2.05, 4.69) is 4.98 Å². The Balaban J connectivity index is 2.27. The Labute approximate surface area is 110 Å². The van der Waals surface area contributed by atoms with Crippen molar-refractivity contribution in [2.45, 2.75) is 6.92 Å². The number of hydrogen-bond donors (Lipinski definition) is 0. The van der Waals surface area contributed by atoms with Crippen LogP contribution in [0.3, 0.4) is 0 Å². The molecule has 0 bridgehead atoms. The third-order valence-corrected chi connectivity index (χ3v) is 3.21. The minimum Gasteiger partial charge on any atom is -0.486 e. The van der Waals surface area contributed by atoms with Crippen LogP contribution in [0.25, 0.3) is 16.1 Å². The molecule has 0 amide bonds. The van der Waals surface area contributed by atoms with Gasteiger partial charge >= 0.3 is 5.69 Å². The molecule has 0 fully saturated rings. The number of fused-ring (bicyclic) bond motifs is 3. The van der Waals surface area contributed by atoms with E-state index < -0.39 is 0 Å². The first-order valence-electron chi connectivity index (χ1n) is 6.06. The molecule has 1 aliphatic rings. The van der Waals surface area contributed by atoms with Gasteiger partial charge < -0.3 is 4.74 Å². The summed E-state index contributed by atoms with van der Waals surface area (Å²) in [7, 11) is 0. The monoisotopic (exact) mass is 251 g/mol. The molecule has 0 saturated heterocycles. The smallest absolute Gasteiger partial charge is 0.427 e. The number of carbonyl (C=O) groups excluding carboxylic acids is 1. The number of hydrogen-bond acceptors (Lipinski definition) is 3. The zero-order valence-corrected chi connectivity index (χ0v) is 10.4. The van der Waals surface area contributed by atoms with Crippen LogP contribution in [0.4, 0.5) is 5.69 Å². The van der Waals surface area contributed by atoms with Gasteiger partial charge in [0.2, 0.25) is 11.1 Å². The number of benzene rings is 2. The van der Waals surface area contributed by atoms with Crippen molar-refractivity contribution in [3.63, 3.8) is 0 Å². The lowest BCUT2D eigenvalue weighted by molar-refractivity contribution is 0.104. The quantitative estimate of drug-likeness (QED) is 0.651. The molecule has 0 aliphatic heterocycles. The van der Waals surface area contributed by atoms with Crippen LogP contribution in [-0.4, -0.2) is 12.4 Å². The van der Waals surface area contributed by atoms with Crippen molar-refractivity contribution in [1.82, 2.24) is 0 Å². The summed E-state index contributed by atoms with van der Waals surface area (Å²) in [5, 5.41) is 9.01. The molecule has 1 aliphatic carbocycles. The molecule has 19 heavy (non-hydrogen) atoms. The highest BCUT2D eigenvalue weighted by Gasteiger charge is 2.31. The van der Waals surface area contributed by atoms with Gasteiger partial charge in [-0.3, -0.25) is 4.79 Å². The summed E-state index contributed by atoms with van der Waals surface area (Å²) < 4.78 is 5.44. The van der Waals surface area contributed by atoms with Gasteiger partial charge in [-0.05, 0) is 24.1 Å². The molecule has 0 saturated carbocycles. The number of nitrogens with zero attached hydrogens (tertiary/aromatic N) is 2. The van der Waals surface area contributed by atoms with Gasteiger partial charge in [-0.15, -0.1) is 0 Å². The molecule has 0 radical (unpaired) electrons. The molecule has 0 atom stereocenters. The average molecular weight is 251 g/mol. The van der Waals surface area contributed by atoms with Crippen molar-refractivity contribution in [2.24, 2.45) is 0 Å². The molecule has 2 aromatic rings. The molecule has 2 aromatic carbocycles. The zero-order chi connectivity index (χ0) is 13.4. The van der Waals surface area contributed by atoms with Crippen molar-refractivity contribution in [2.75, 3.05) is 6.61 Å². The van der Waals surface area contributed by atoms with Crippen molar-refractivity contribution in [3.05, 3.63) is 52.5 Å². The van der Waals surface area contributed by atoms with Crippen LogP contribution in [-0.2, 0) is 0 Å². The molecule has 0 aromatic heterocycles. The third kappa shape index (κ3) is 1.59. The van der Waals surface area contributed by atoms with E-state index in [-0.39, 0.29) is 11.5 Å². The van der Waals surface area contributed by atoms with E-state index in [1.165, 1.54) is 0 Å². The van der Waals surface area contributed by atoms with Crippen LogP contribution in [0.1, 0.15) is 22.8 Å². The van der Waals surface area contributed by atoms with E-state index in [0.717, 1.165) is 11.1 Å². The number of ether oxygens (including phenoxy) is 1. The normalized spacial score (nSPS) is 11.7. The first-order valence-corrected chi connectivity index (χ1v) is 6.06. The first-order chi connectivity index (χ1) is 9.26. The van der Waals surface area contributed by atoms with Crippen LogP contribution in [0.2, 0.25) is 0 Å². The molecule has 0 spiro atoms. The molecule has 92 valence electrons. The molecule has 4 nitrogen and oxygen atoms in total. The summed E-state index contributed by atoms with van der Waals surface area (Å²) in [5.41, 5.74) is 3.23. The first kappa shape index (κ1) is 11.4. The predicted octanol–water partition coefficient (Wildman–Crippen LogP) is 3.78. The maximum Gasteiger partial charge on any atom is 0.427 e. The standard InChI is InChI=1S/C15H11N2O2/c1-2-19-14-8-11-9-5-3-4-6-10(9)15(18)12(11)7-13(14)17-16/h3-8H,2H2,1H3/q+1. The lowest BCUT2D eigenvalue weighted by Crippen LogP contribution is -1.96. The van der Waals surface area contributed by atoms with Gasteiger partial charge in [-0.2, -0.15) is 0 Å².